The fourth-order valence-corrected chi connectivity index (χ4v) is 4.35. The summed E-state index contributed by atoms with van der Waals surface area (Å²) in [5, 5.41) is 11.8. The highest BCUT2D eigenvalue weighted by Crippen LogP contribution is 2.21. The summed E-state index contributed by atoms with van der Waals surface area (Å²) in [4.78, 5) is 27.2. The highest BCUT2D eigenvalue weighted by molar-refractivity contribution is 7.99. The molecule has 1 aliphatic rings. The number of aryl methyl sites for hydroxylation is 2. The highest BCUT2D eigenvalue weighted by Gasteiger charge is 2.28. The molecule has 1 aromatic heterocycles. The second-order valence-electron chi connectivity index (χ2n) is 5.13. The molecule has 2 rings (SSSR count). The van der Waals surface area contributed by atoms with E-state index in [1.807, 2.05) is 0 Å². The van der Waals surface area contributed by atoms with Crippen LogP contribution in [0.3, 0.4) is 0 Å². The van der Waals surface area contributed by atoms with E-state index in [4.69, 9.17) is 5.11 Å². The van der Waals surface area contributed by atoms with E-state index in [1.165, 1.54) is 10.4 Å². The number of aliphatic carboxylic acids is 1. The molecular weight excluding hydrogens is 308 g/mol. The molecule has 1 fully saturated rings. The number of carboxylic acid groups (broad SMARTS) is 1. The summed E-state index contributed by atoms with van der Waals surface area (Å²) in [6.07, 6.45) is 0.0115. The Morgan fingerprint density at radius 3 is 2.86 bits per heavy atom. The molecule has 1 aromatic rings. The summed E-state index contributed by atoms with van der Waals surface area (Å²) < 4.78 is 0. The lowest BCUT2D eigenvalue weighted by Crippen LogP contribution is -2.51. The molecule has 21 heavy (non-hydrogen) atoms. The van der Waals surface area contributed by atoms with E-state index in [-0.39, 0.29) is 18.5 Å². The number of thiophene rings is 1. The van der Waals surface area contributed by atoms with E-state index in [1.54, 1.807) is 28.0 Å². The maximum Gasteiger partial charge on any atom is 0.318 e. The van der Waals surface area contributed by atoms with Crippen LogP contribution in [0.25, 0.3) is 0 Å². The number of amides is 2. The zero-order valence-corrected chi connectivity index (χ0v) is 13.9. The number of hydrogen-bond acceptors (Lipinski definition) is 4. The molecule has 0 bridgehead atoms. The Labute approximate surface area is 132 Å². The van der Waals surface area contributed by atoms with Crippen LogP contribution < -0.4 is 5.32 Å². The van der Waals surface area contributed by atoms with Gasteiger partial charge < -0.3 is 15.3 Å². The van der Waals surface area contributed by atoms with Gasteiger partial charge in [-0.3, -0.25) is 4.79 Å². The Morgan fingerprint density at radius 2 is 2.24 bits per heavy atom. The second kappa shape index (κ2) is 7.17. The Hall–Kier alpha value is -1.21. The van der Waals surface area contributed by atoms with Gasteiger partial charge >= 0.3 is 12.0 Å². The fourth-order valence-electron chi connectivity index (χ4n) is 2.29. The molecular formula is C14H20N2O3S2. The summed E-state index contributed by atoms with van der Waals surface area (Å²) in [6.45, 7) is 5.23. The standard InChI is InChI=1S/C14H20N2O3S2/c1-9-5-12(21-10(9)2)7-15-14(19)16-3-4-20-8-11(16)6-13(17)18/h5,11H,3-4,6-8H2,1-2H3,(H,15,19)(H,17,18). The second-order valence-corrected chi connectivity index (χ2v) is 7.62. The summed E-state index contributed by atoms with van der Waals surface area (Å²) in [5.41, 5.74) is 1.24. The van der Waals surface area contributed by atoms with E-state index < -0.39 is 5.97 Å². The Morgan fingerprint density at radius 1 is 1.48 bits per heavy atom. The van der Waals surface area contributed by atoms with Gasteiger partial charge in [0, 0.05) is 27.8 Å². The first kappa shape index (κ1) is 16.2. The van der Waals surface area contributed by atoms with Crippen LogP contribution in [-0.4, -0.2) is 46.1 Å². The van der Waals surface area contributed by atoms with Crippen molar-refractivity contribution in [1.29, 1.82) is 0 Å². The number of urea groups is 1. The molecule has 7 heteroatoms. The van der Waals surface area contributed by atoms with Gasteiger partial charge in [0.15, 0.2) is 0 Å². The molecule has 0 saturated carbocycles. The first-order chi connectivity index (χ1) is 9.97. The molecule has 116 valence electrons. The van der Waals surface area contributed by atoms with Crippen molar-refractivity contribution in [2.24, 2.45) is 0 Å². The average Bonchev–Trinajstić information content (AvgIpc) is 2.75. The lowest BCUT2D eigenvalue weighted by molar-refractivity contribution is -0.137. The van der Waals surface area contributed by atoms with Crippen LogP contribution in [0.5, 0.6) is 0 Å². The van der Waals surface area contributed by atoms with E-state index in [2.05, 4.69) is 25.2 Å². The van der Waals surface area contributed by atoms with E-state index in [9.17, 15) is 9.59 Å². The molecule has 5 nitrogen and oxygen atoms in total. The first-order valence-electron chi connectivity index (χ1n) is 6.87. The smallest absolute Gasteiger partial charge is 0.318 e. The Kier molecular flexibility index (Phi) is 5.52. The zero-order valence-electron chi connectivity index (χ0n) is 12.2. The molecule has 2 N–H and O–H groups in total. The topological polar surface area (TPSA) is 69.6 Å². The highest BCUT2D eigenvalue weighted by atomic mass is 32.2. The molecule has 1 unspecified atom stereocenters. The number of carbonyl (C=O) groups is 2. The van der Waals surface area contributed by atoms with Crippen LogP contribution in [-0.2, 0) is 11.3 Å². The Balaban J connectivity index is 1.92. The number of carboxylic acids is 1. The molecule has 0 radical (unpaired) electrons. The monoisotopic (exact) mass is 328 g/mol. The van der Waals surface area contributed by atoms with Gasteiger partial charge in [-0.15, -0.1) is 11.3 Å². The van der Waals surface area contributed by atoms with Crippen LogP contribution >= 0.6 is 23.1 Å². The minimum atomic E-state index is -0.857. The van der Waals surface area contributed by atoms with Gasteiger partial charge in [0.2, 0.25) is 0 Å². The van der Waals surface area contributed by atoms with Crippen LogP contribution in [0.1, 0.15) is 21.7 Å². The normalized spacial score (nSPS) is 18.6. The van der Waals surface area contributed by atoms with E-state index in [0.717, 1.165) is 10.6 Å². The van der Waals surface area contributed by atoms with Crippen molar-refractivity contribution in [2.75, 3.05) is 18.1 Å². The third kappa shape index (κ3) is 4.38. The number of nitrogens with zero attached hydrogens (tertiary/aromatic N) is 1. The summed E-state index contributed by atoms with van der Waals surface area (Å²) in [5.74, 6) is 0.697. The zero-order chi connectivity index (χ0) is 15.4. The third-order valence-electron chi connectivity index (χ3n) is 3.53. The molecule has 1 saturated heterocycles. The quantitative estimate of drug-likeness (QED) is 0.891. The lowest BCUT2D eigenvalue weighted by Gasteiger charge is -2.34. The van der Waals surface area contributed by atoms with E-state index in [0.29, 0.717) is 18.8 Å². The number of rotatable bonds is 4. The molecule has 2 amide bonds. The van der Waals surface area contributed by atoms with Crippen molar-refractivity contribution in [3.05, 3.63) is 21.4 Å². The molecule has 2 heterocycles. The minimum absolute atomic E-state index is 0.0115. The van der Waals surface area contributed by atoms with Gasteiger partial charge in [0.1, 0.15) is 0 Å². The number of thioether (sulfide) groups is 1. The van der Waals surface area contributed by atoms with Crippen molar-refractivity contribution < 1.29 is 14.7 Å². The number of carbonyl (C=O) groups excluding carboxylic acids is 1. The van der Waals surface area contributed by atoms with Crippen LogP contribution in [0.15, 0.2) is 6.07 Å². The van der Waals surface area contributed by atoms with Gasteiger partial charge in [0.25, 0.3) is 0 Å². The van der Waals surface area contributed by atoms with Crippen molar-refractivity contribution in [2.45, 2.75) is 32.9 Å². The van der Waals surface area contributed by atoms with Gasteiger partial charge in [-0.1, -0.05) is 0 Å². The van der Waals surface area contributed by atoms with Crippen molar-refractivity contribution in [1.82, 2.24) is 10.2 Å². The van der Waals surface area contributed by atoms with Gasteiger partial charge in [0.05, 0.1) is 19.0 Å². The molecule has 1 aliphatic heterocycles. The molecule has 0 aliphatic carbocycles. The van der Waals surface area contributed by atoms with Crippen LogP contribution in [0.2, 0.25) is 0 Å². The largest absolute Gasteiger partial charge is 0.481 e. The minimum Gasteiger partial charge on any atom is -0.481 e. The Bertz CT molecular complexity index is 511. The maximum atomic E-state index is 12.3. The molecule has 0 aromatic carbocycles. The number of nitrogens with one attached hydrogen (secondary N) is 1. The van der Waals surface area contributed by atoms with Crippen molar-refractivity contribution in [3.8, 4) is 0 Å². The summed E-state index contributed by atoms with van der Waals surface area (Å²) >= 11 is 3.39. The fraction of sp³-hybridized carbons (Fsp3) is 0.571. The first-order valence-corrected chi connectivity index (χ1v) is 8.84. The third-order valence-corrected chi connectivity index (χ3v) is 5.77. The predicted molar refractivity (Wildman–Crippen MR) is 86.1 cm³/mol. The van der Waals surface area contributed by atoms with Crippen LogP contribution in [0.4, 0.5) is 4.79 Å². The molecule has 0 spiro atoms. The van der Waals surface area contributed by atoms with Gasteiger partial charge in [-0.05, 0) is 25.5 Å². The average molecular weight is 328 g/mol. The predicted octanol–water partition coefficient (Wildman–Crippen LogP) is 2.47. The lowest BCUT2D eigenvalue weighted by atomic mass is 10.2. The van der Waals surface area contributed by atoms with Crippen LogP contribution in [0, 0.1) is 13.8 Å². The summed E-state index contributed by atoms with van der Waals surface area (Å²) in [6, 6.07) is 1.71. The van der Waals surface area contributed by atoms with Gasteiger partial charge in [-0.25, -0.2) is 4.79 Å². The van der Waals surface area contributed by atoms with Crippen molar-refractivity contribution in [3.63, 3.8) is 0 Å². The maximum absolute atomic E-state index is 12.3. The van der Waals surface area contributed by atoms with E-state index >= 15 is 0 Å². The molecule has 1 atom stereocenters. The number of hydrogen-bond donors (Lipinski definition) is 2. The SMILES string of the molecule is Cc1cc(CNC(=O)N2CCSCC2CC(=O)O)sc1C. The van der Waals surface area contributed by atoms with Gasteiger partial charge in [-0.2, -0.15) is 11.8 Å². The summed E-state index contributed by atoms with van der Waals surface area (Å²) in [7, 11) is 0. The van der Waals surface area contributed by atoms with Crippen molar-refractivity contribution >= 4 is 35.1 Å².